The number of benzene rings is 2. The molecule has 5 heteroatoms. The summed E-state index contributed by atoms with van der Waals surface area (Å²) >= 11 is 0. The maximum absolute atomic E-state index is 9.60. The predicted octanol–water partition coefficient (Wildman–Crippen LogP) is 5.00. The van der Waals surface area contributed by atoms with E-state index >= 15 is 0 Å². The first kappa shape index (κ1) is 18.3. The Morgan fingerprint density at radius 2 is 1.48 bits per heavy atom. The van der Waals surface area contributed by atoms with Crippen molar-refractivity contribution in [3.63, 3.8) is 0 Å². The number of nitrogens with one attached hydrogen (secondary N) is 1. The van der Waals surface area contributed by atoms with Crippen molar-refractivity contribution in [2.24, 2.45) is 0 Å². The van der Waals surface area contributed by atoms with Crippen molar-refractivity contribution in [1.82, 2.24) is 4.98 Å². The lowest BCUT2D eigenvalue weighted by Gasteiger charge is -2.12. The molecule has 3 aromatic rings. The van der Waals surface area contributed by atoms with E-state index in [2.05, 4.69) is 22.4 Å². The van der Waals surface area contributed by atoms with E-state index in [1.54, 1.807) is 26.5 Å². The molecule has 3 rings (SSSR count). The Hall–Kier alpha value is -3.52. The summed E-state index contributed by atoms with van der Waals surface area (Å²) in [6, 6.07) is 15.8. The second-order valence-corrected chi connectivity index (χ2v) is 6.33. The predicted molar refractivity (Wildman–Crippen MR) is 107 cm³/mol. The van der Waals surface area contributed by atoms with Gasteiger partial charge in [0.1, 0.15) is 23.4 Å². The van der Waals surface area contributed by atoms with Crippen molar-refractivity contribution >= 4 is 11.5 Å². The lowest BCUT2D eigenvalue weighted by Crippen LogP contribution is -1.98. The molecule has 136 valence electrons. The first-order valence-electron chi connectivity index (χ1n) is 8.51. The molecule has 0 aliphatic carbocycles. The zero-order chi connectivity index (χ0) is 19.4. The van der Waals surface area contributed by atoms with Crippen LogP contribution in [0.4, 0.5) is 11.5 Å². The average molecular weight is 359 g/mol. The Bertz CT molecular complexity index is 980. The molecule has 1 N–H and O–H groups in total. The highest BCUT2D eigenvalue weighted by Gasteiger charge is 2.10. The zero-order valence-corrected chi connectivity index (χ0v) is 15.8. The summed E-state index contributed by atoms with van der Waals surface area (Å²) in [5.41, 5.74) is 5.36. The van der Waals surface area contributed by atoms with E-state index in [1.807, 2.05) is 44.2 Å². The Labute approximate surface area is 159 Å². The van der Waals surface area contributed by atoms with Crippen LogP contribution in [-0.2, 0) is 0 Å². The molecule has 0 bridgehead atoms. The summed E-state index contributed by atoms with van der Waals surface area (Å²) in [5, 5.41) is 12.8. The van der Waals surface area contributed by atoms with E-state index in [0.29, 0.717) is 22.9 Å². The molecular formula is C22H21N3O2. The number of methoxy groups -OCH3 is 2. The molecule has 1 aromatic heterocycles. The normalized spacial score (nSPS) is 10.2. The third kappa shape index (κ3) is 4.18. The molecule has 0 aliphatic heterocycles. The van der Waals surface area contributed by atoms with Gasteiger partial charge in [0.15, 0.2) is 0 Å². The van der Waals surface area contributed by atoms with Crippen LogP contribution >= 0.6 is 0 Å². The molecule has 0 radical (unpaired) electrons. The van der Waals surface area contributed by atoms with Gasteiger partial charge in [-0.15, -0.1) is 0 Å². The fourth-order valence-electron chi connectivity index (χ4n) is 2.97. The molecule has 2 aromatic carbocycles. The Balaban J connectivity index is 1.99. The van der Waals surface area contributed by atoms with Crippen LogP contribution in [0.1, 0.15) is 16.7 Å². The molecule has 0 spiro atoms. The largest absolute Gasteiger partial charge is 0.497 e. The molecule has 5 nitrogen and oxygen atoms in total. The molecule has 0 saturated heterocycles. The van der Waals surface area contributed by atoms with Crippen LogP contribution in [0.3, 0.4) is 0 Å². The number of anilines is 2. The maximum atomic E-state index is 9.60. The van der Waals surface area contributed by atoms with Gasteiger partial charge in [-0.25, -0.2) is 4.98 Å². The number of nitrogens with zero attached hydrogens (tertiary/aromatic N) is 2. The highest BCUT2D eigenvalue weighted by molar-refractivity contribution is 5.72. The van der Waals surface area contributed by atoms with Crippen LogP contribution in [0.15, 0.2) is 48.7 Å². The molecule has 0 aliphatic rings. The van der Waals surface area contributed by atoms with Crippen LogP contribution < -0.4 is 14.8 Å². The van der Waals surface area contributed by atoms with Gasteiger partial charge in [0.2, 0.25) is 0 Å². The highest BCUT2D eigenvalue weighted by atomic mass is 16.5. The fourth-order valence-corrected chi connectivity index (χ4v) is 2.97. The number of aryl methyl sites for hydroxylation is 2. The first-order chi connectivity index (χ1) is 13.0. The quantitative estimate of drug-likeness (QED) is 0.694. The highest BCUT2D eigenvalue weighted by Crippen LogP contribution is 2.31. The average Bonchev–Trinajstić information content (AvgIpc) is 2.67. The van der Waals surface area contributed by atoms with Crippen molar-refractivity contribution in [3.05, 3.63) is 65.4 Å². The van der Waals surface area contributed by atoms with Gasteiger partial charge >= 0.3 is 0 Å². The van der Waals surface area contributed by atoms with Crippen molar-refractivity contribution in [1.29, 1.82) is 5.26 Å². The van der Waals surface area contributed by atoms with E-state index in [9.17, 15) is 5.26 Å². The topological polar surface area (TPSA) is 67.2 Å². The van der Waals surface area contributed by atoms with Crippen LogP contribution in [0.25, 0.3) is 11.1 Å². The number of rotatable bonds is 5. The Kier molecular flexibility index (Phi) is 5.28. The lowest BCUT2D eigenvalue weighted by atomic mass is 10.0. The van der Waals surface area contributed by atoms with Crippen LogP contribution in [-0.4, -0.2) is 19.2 Å². The second kappa shape index (κ2) is 7.79. The summed E-state index contributed by atoms with van der Waals surface area (Å²) in [7, 11) is 3.21. The minimum atomic E-state index is 0.466. The molecular weight excluding hydrogens is 338 g/mol. The SMILES string of the molecule is COc1cc(OC)cc(-c2cnc(Nc3cc(C)cc(C)c3)c(C#N)c2)c1. The first-order valence-corrected chi connectivity index (χ1v) is 8.51. The number of pyridine rings is 1. The standard InChI is InChI=1S/C22H21N3O2/c1-14-5-15(2)7-19(6-14)25-22-17(12-23)8-18(13-24-22)16-9-20(26-3)11-21(10-16)27-4/h5-11,13H,1-4H3,(H,24,25). The zero-order valence-electron chi connectivity index (χ0n) is 15.8. The van der Waals surface area contributed by atoms with Crippen molar-refractivity contribution < 1.29 is 9.47 Å². The molecule has 0 unspecified atom stereocenters. The van der Waals surface area contributed by atoms with Gasteiger partial charge in [0.05, 0.1) is 19.8 Å². The van der Waals surface area contributed by atoms with Crippen molar-refractivity contribution in [2.75, 3.05) is 19.5 Å². The van der Waals surface area contributed by atoms with Gasteiger partial charge in [-0.2, -0.15) is 5.26 Å². The Morgan fingerprint density at radius 3 is 2.04 bits per heavy atom. The third-order valence-electron chi connectivity index (χ3n) is 4.18. The molecule has 0 atom stereocenters. The summed E-state index contributed by atoms with van der Waals surface area (Å²) in [6.07, 6.45) is 1.74. The van der Waals surface area contributed by atoms with Gasteiger partial charge in [-0.3, -0.25) is 0 Å². The molecule has 0 fully saturated rings. The van der Waals surface area contributed by atoms with E-state index < -0.39 is 0 Å². The number of hydrogen-bond donors (Lipinski definition) is 1. The maximum Gasteiger partial charge on any atom is 0.148 e. The van der Waals surface area contributed by atoms with Gasteiger partial charge in [-0.05, 0) is 60.9 Å². The minimum Gasteiger partial charge on any atom is -0.497 e. The van der Waals surface area contributed by atoms with Gasteiger partial charge in [0.25, 0.3) is 0 Å². The molecule has 1 heterocycles. The monoisotopic (exact) mass is 359 g/mol. The summed E-state index contributed by atoms with van der Waals surface area (Å²) < 4.78 is 10.6. The van der Waals surface area contributed by atoms with E-state index in [1.165, 1.54) is 0 Å². The van der Waals surface area contributed by atoms with Gasteiger partial charge in [0, 0.05) is 23.5 Å². The molecule has 27 heavy (non-hydrogen) atoms. The van der Waals surface area contributed by atoms with Gasteiger partial charge in [-0.1, -0.05) is 6.07 Å². The number of nitriles is 1. The fraction of sp³-hybridized carbons (Fsp3) is 0.182. The van der Waals surface area contributed by atoms with Crippen LogP contribution in [0.2, 0.25) is 0 Å². The van der Waals surface area contributed by atoms with E-state index in [4.69, 9.17) is 9.47 Å². The lowest BCUT2D eigenvalue weighted by molar-refractivity contribution is 0.394. The minimum absolute atomic E-state index is 0.466. The molecule has 0 saturated carbocycles. The van der Waals surface area contributed by atoms with E-state index in [-0.39, 0.29) is 0 Å². The number of aromatic nitrogens is 1. The number of hydrogen-bond acceptors (Lipinski definition) is 5. The number of ether oxygens (including phenoxy) is 2. The van der Waals surface area contributed by atoms with Crippen LogP contribution in [0, 0.1) is 25.2 Å². The van der Waals surface area contributed by atoms with Gasteiger partial charge < -0.3 is 14.8 Å². The molecule has 0 amide bonds. The van der Waals surface area contributed by atoms with Crippen molar-refractivity contribution in [2.45, 2.75) is 13.8 Å². The third-order valence-corrected chi connectivity index (χ3v) is 4.18. The van der Waals surface area contributed by atoms with Crippen LogP contribution in [0.5, 0.6) is 11.5 Å². The van der Waals surface area contributed by atoms with Crippen molar-refractivity contribution in [3.8, 4) is 28.7 Å². The smallest absolute Gasteiger partial charge is 0.148 e. The summed E-state index contributed by atoms with van der Waals surface area (Å²) in [6.45, 7) is 4.08. The van der Waals surface area contributed by atoms with E-state index in [0.717, 1.165) is 27.9 Å². The summed E-state index contributed by atoms with van der Waals surface area (Å²) in [5.74, 6) is 1.89. The Morgan fingerprint density at radius 1 is 0.852 bits per heavy atom. The second-order valence-electron chi connectivity index (χ2n) is 6.33. The summed E-state index contributed by atoms with van der Waals surface area (Å²) in [4.78, 5) is 4.48.